The highest BCUT2D eigenvalue weighted by Crippen LogP contribution is 2.31. The molecule has 0 aliphatic heterocycles. The van der Waals surface area contributed by atoms with Crippen molar-refractivity contribution < 1.29 is 19.0 Å². The van der Waals surface area contributed by atoms with Crippen LogP contribution in [0.15, 0.2) is 140 Å². The van der Waals surface area contributed by atoms with Gasteiger partial charge in [0, 0.05) is 13.1 Å². The van der Waals surface area contributed by atoms with E-state index in [1.807, 2.05) is 122 Å². The quantitative estimate of drug-likeness (QED) is 0.116. The lowest BCUT2D eigenvalue weighted by molar-refractivity contribution is -0.150. The predicted octanol–water partition coefficient (Wildman–Crippen LogP) is 8.02. The highest BCUT2D eigenvalue weighted by atomic mass is 16.5. The highest BCUT2D eigenvalue weighted by molar-refractivity contribution is 5.76. The molecule has 0 heterocycles. The summed E-state index contributed by atoms with van der Waals surface area (Å²) in [5.74, 6) is 1.06. The SMILES string of the molecule is CCOC(=O)C(Cc1ccc(OCc2ccccc2)c(OCc2ccccc2)c1)N(Cc1ccccc1)Cc1ccccc1. The molecule has 0 fully saturated rings. The Hall–Kier alpha value is -4.87. The second-order valence-electron chi connectivity index (χ2n) is 10.7. The van der Waals surface area contributed by atoms with Gasteiger partial charge < -0.3 is 14.2 Å². The largest absolute Gasteiger partial charge is 0.485 e. The standard InChI is InChI=1S/C39H39NO4/c1-2-42-39(41)36(40(27-31-15-7-3-8-16-31)28-32-17-9-4-10-18-32)25-35-23-24-37(43-29-33-19-11-5-12-20-33)38(26-35)44-30-34-21-13-6-14-22-34/h3-24,26,36H,2,25,27-30H2,1H3. The Morgan fingerprint density at radius 2 is 1.02 bits per heavy atom. The van der Waals surface area contributed by atoms with Crippen LogP contribution < -0.4 is 9.47 Å². The van der Waals surface area contributed by atoms with Gasteiger partial charge in [0.2, 0.25) is 0 Å². The third-order valence-corrected chi connectivity index (χ3v) is 7.37. The van der Waals surface area contributed by atoms with E-state index in [0.717, 1.165) is 27.8 Å². The molecule has 0 aromatic heterocycles. The first-order valence-electron chi connectivity index (χ1n) is 15.1. The molecule has 1 atom stereocenters. The van der Waals surface area contributed by atoms with Gasteiger partial charge in [0.1, 0.15) is 19.3 Å². The zero-order valence-corrected chi connectivity index (χ0v) is 25.2. The molecule has 5 heteroatoms. The summed E-state index contributed by atoms with van der Waals surface area (Å²) in [6.07, 6.45) is 0.458. The van der Waals surface area contributed by atoms with Crippen LogP contribution in [0.4, 0.5) is 0 Å². The first-order valence-corrected chi connectivity index (χ1v) is 15.1. The van der Waals surface area contributed by atoms with E-state index in [0.29, 0.717) is 50.8 Å². The molecule has 0 bridgehead atoms. The average molecular weight is 586 g/mol. The van der Waals surface area contributed by atoms with Crippen LogP contribution in [-0.4, -0.2) is 23.5 Å². The van der Waals surface area contributed by atoms with Gasteiger partial charge in [0.15, 0.2) is 11.5 Å². The molecule has 224 valence electrons. The first-order chi connectivity index (χ1) is 21.7. The summed E-state index contributed by atoms with van der Waals surface area (Å²) in [4.78, 5) is 15.8. The van der Waals surface area contributed by atoms with Crippen molar-refractivity contribution in [1.82, 2.24) is 4.90 Å². The van der Waals surface area contributed by atoms with E-state index in [9.17, 15) is 4.79 Å². The van der Waals surface area contributed by atoms with Crippen LogP contribution in [0.3, 0.4) is 0 Å². The van der Waals surface area contributed by atoms with E-state index in [2.05, 4.69) is 29.2 Å². The molecule has 0 aliphatic carbocycles. The summed E-state index contributed by atoms with van der Waals surface area (Å²) in [7, 11) is 0. The Kier molecular flexibility index (Phi) is 11.2. The van der Waals surface area contributed by atoms with Crippen molar-refractivity contribution in [2.45, 2.75) is 45.7 Å². The van der Waals surface area contributed by atoms with Gasteiger partial charge in [-0.3, -0.25) is 9.69 Å². The molecule has 0 amide bonds. The highest BCUT2D eigenvalue weighted by Gasteiger charge is 2.28. The number of esters is 1. The smallest absolute Gasteiger partial charge is 0.323 e. The fourth-order valence-corrected chi connectivity index (χ4v) is 5.12. The van der Waals surface area contributed by atoms with E-state index >= 15 is 0 Å². The summed E-state index contributed by atoms with van der Waals surface area (Å²) in [5, 5.41) is 0. The molecule has 0 aliphatic rings. The molecule has 5 aromatic carbocycles. The van der Waals surface area contributed by atoms with Gasteiger partial charge in [-0.25, -0.2) is 0 Å². The molecule has 0 saturated carbocycles. The predicted molar refractivity (Wildman–Crippen MR) is 174 cm³/mol. The average Bonchev–Trinajstić information content (AvgIpc) is 3.07. The zero-order valence-electron chi connectivity index (χ0n) is 25.2. The van der Waals surface area contributed by atoms with Crippen molar-refractivity contribution in [2.24, 2.45) is 0 Å². The minimum atomic E-state index is -0.506. The van der Waals surface area contributed by atoms with Crippen LogP contribution in [-0.2, 0) is 42.3 Å². The molecular formula is C39H39NO4. The van der Waals surface area contributed by atoms with Gasteiger partial charge >= 0.3 is 5.97 Å². The van der Waals surface area contributed by atoms with Gasteiger partial charge in [0.05, 0.1) is 6.61 Å². The number of hydrogen-bond donors (Lipinski definition) is 0. The molecule has 0 radical (unpaired) electrons. The van der Waals surface area contributed by atoms with Crippen LogP contribution in [0.5, 0.6) is 11.5 Å². The van der Waals surface area contributed by atoms with Crippen LogP contribution >= 0.6 is 0 Å². The summed E-state index contributed by atoms with van der Waals surface area (Å²) in [6, 6.07) is 46.1. The lowest BCUT2D eigenvalue weighted by atomic mass is 10.0. The topological polar surface area (TPSA) is 48.0 Å². The number of nitrogens with zero attached hydrogens (tertiary/aromatic N) is 1. The summed E-state index contributed by atoms with van der Waals surface area (Å²) in [5.41, 5.74) is 5.37. The maximum absolute atomic E-state index is 13.6. The summed E-state index contributed by atoms with van der Waals surface area (Å²) in [6.45, 7) is 4.21. The Morgan fingerprint density at radius 3 is 1.50 bits per heavy atom. The number of carbonyl (C=O) groups is 1. The maximum atomic E-state index is 13.6. The molecule has 0 spiro atoms. The third-order valence-electron chi connectivity index (χ3n) is 7.37. The number of carbonyl (C=O) groups excluding carboxylic acids is 1. The monoisotopic (exact) mass is 585 g/mol. The van der Waals surface area contributed by atoms with E-state index in [4.69, 9.17) is 14.2 Å². The van der Waals surface area contributed by atoms with Crippen molar-refractivity contribution in [1.29, 1.82) is 0 Å². The number of benzene rings is 5. The number of hydrogen-bond acceptors (Lipinski definition) is 5. The van der Waals surface area contributed by atoms with Crippen molar-refractivity contribution in [3.63, 3.8) is 0 Å². The number of rotatable bonds is 15. The summed E-state index contributed by atoms with van der Waals surface area (Å²) >= 11 is 0. The number of ether oxygens (including phenoxy) is 3. The molecule has 44 heavy (non-hydrogen) atoms. The first kappa shape index (κ1) is 30.6. The summed E-state index contributed by atoms with van der Waals surface area (Å²) < 4.78 is 18.2. The molecule has 5 nitrogen and oxygen atoms in total. The van der Waals surface area contributed by atoms with E-state index < -0.39 is 6.04 Å². The van der Waals surface area contributed by atoms with E-state index in [1.54, 1.807) is 0 Å². The molecule has 0 N–H and O–H groups in total. The van der Waals surface area contributed by atoms with Crippen LogP contribution in [0.1, 0.15) is 34.7 Å². The Bertz CT molecular complexity index is 1520. The third kappa shape index (κ3) is 9.06. The Morgan fingerprint density at radius 1 is 0.568 bits per heavy atom. The Balaban J connectivity index is 1.43. The van der Waals surface area contributed by atoms with Crippen LogP contribution in [0, 0.1) is 0 Å². The minimum absolute atomic E-state index is 0.240. The van der Waals surface area contributed by atoms with Crippen molar-refractivity contribution in [3.05, 3.63) is 167 Å². The van der Waals surface area contributed by atoms with Gasteiger partial charge in [0.25, 0.3) is 0 Å². The zero-order chi connectivity index (χ0) is 30.4. The van der Waals surface area contributed by atoms with Crippen LogP contribution in [0.25, 0.3) is 0 Å². The van der Waals surface area contributed by atoms with Crippen molar-refractivity contribution >= 4 is 5.97 Å². The second-order valence-corrected chi connectivity index (χ2v) is 10.7. The van der Waals surface area contributed by atoms with Gasteiger partial charge in [-0.15, -0.1) is 0 Å². The fraction of sp³-hybridized carbons (Fsp3) is 0.205. The Labute approximate surface area is 260 Å². The molecule has 5 aromatic rings. The van der Waals surface area contributed by atoms with Crippen molar-refractivity contribution in [2.75, 3.05) is 6.61 Å². The van der Waals surface area contributed by atoms with E-state index in [-0.39, 0.29) is 5.97 Å². The minimum Gasteiger partial charge on any atom is -0.485 e. The van der Waals surface area contributed by atoms with Crippen LogP contribution in [0.2, 0.25) is 0 Å². The molecule has 0 saturated heterocycles. The van der Waals surface area contributed by atoms with Gasteiger partial charge in [-0.1, -0.05) is 127 Å². The molecule has 1 unspecified atom stereocenters. The van der Waals surface area contributed by atoms with Gasteiger partial charge in [-0.2, -0.15) is 0 Å². The lowest BCUT2D eigenvalue weighted by Gasteiger charge is -2.31. The fourth-order valence-electron chi connectivity index (χ4n) is 5.12. The second kappa shape index (κ2) is 16.1. The lowest BCUT2D eigenvalue weighted by Crippen LogP contribution is -2.43. The normalized spacial score (nSPS) is 11.6. The maximum Gasteiger partial charge on any atom is 0.323 e. The van der Waals surface area contributed by atoms with Gasteiger partial charge in [-0.05, 0) is 53.3 Å². The molecule has 5 rings (SSSR count). The van der Waals surface area contributed by atoms with Crippen molar-refractivity contribution in [3.8, 4) is 11.5 Å². The van der Waals surface area contributed by atoms with E-state index in [1.165, 1.54) is 0 Å². The molecular weight excluding hydrogens is 546 g/mol.